The molecule has 0 aliphatic carbocycles. The summed E-state index contributed by atoms with van der Waals surface area (Å²) in [5.41, 5.74) is 0.336. The van der Waals surface area contributed by atoms with Crippen LogP contribution in [0.4, 0.5) is 5.69 Å². The summed E-state index contributed by atoms with van der Waals surface area (Å²) in [5.74, 6) is 0. The highest BCUT2D eigenvalue weighted by molar-refractivity contribution is 9.10. The van der Waals surface area contributed by atoms with Crippen molar-refractivity contribution in [3.8, 4) is 0 Å². The molecule has 0 saturated heterocycles. The molecular weight excluding hydrogens is 383 g/mol. The van der Waals surface area contributed by atoms with E-state index in [4.69, 9.17) is 23.2 Å². The van der Waals surface area contributed by atoms with E-state index >= 15 is 0 Å². The van der Waals surface area contributed by atoms with Crippen LogP contribution in [0, 0.1) is 0 Å². The third-order valence-corrected chi connectivity index (χ3v) is 5.44. The van der Waals surface area contributed by atoms with Crippen molar-refractivity contribution in [1.29, 1.82) is 0 Å². The smallest absolute Gasteiger partial charge is 0.264 e. The van der Waals surface area contributed by atoms with E-state index in [0.717, 1.165) is 11.3 Å². The maximum absolute atomic E-state index is 12.1. The van der Waals surface area contributed by atoms with Crippen LogP contribution in [0.5, 0.6) is 0 Å². The summed E-state index contributed by atoms with van der Waals surface area (Å²) in [6.45, 7) is 0. The van der Waals surface area contributed by atoms with Gasteiger partial charge in [0.1, 0.15) is 9.23 Å². The van der Waals surface area contributed by atoms with Crippen LogP contribution in [0.3, 0.4) is 0 Å². The van der Waals surface area contributed by atoms with Crippen molar-refractivity contribution in [3.63, 3.8) is 0 Å². The van der Waals surface area contributed by atoms with Crippen LogP contribution in [-0.2, 0) is 10.0 Å². The second-order valence-electron chi connectivity index (χ2n) is 3.19. The molecule has 0 spiro atoms. The molecule has 0 unspecified atom stereocenters. The third-order valence-electron chi connectivity index (χ3n) is 1.87. The molecule has 0 bridgehead atoms. The van der Waals surface area contributed by atoms with Crippen molar-refractivity contribution < 1.29 is 8.42 Å². The van der Waals surface area contributed by atoms with Gasteiger partial charge in [-0.2, -0.15) is 0 Å². The SMILES string of the molecule is O=S(=O)(Nc1cncc(Br)c1)c1cc(Cl)sc1Cl. The summed E-state index contributed by atoms with van der Waals surface area (Å²) in [6.07, 6.45) is 2.94. The molecule has 96 valence electrons. The van der Waals surface area contributed by atoms with Crippen molar-refractivity contribution >= 4 is 66.2 Å². The van der Waals surface area contributed by atoms with Crippen molar-refractivity contribution in [2.75, 3.05) is 4.72 Å². The van der Waals surface area contributed by atoms with Gasteiger partial charge in [0.2, 0.25) is 0 Å². The van der Waals surface area contributed by atoms with E-state index in [1.807, 2.05) is 0 Å². The van der Waals surface area contributed by atoms with Gasteiger partial charge < -0.3 is 0 Å². The molecule has 0 amide bonds. The fraction of sp³-hybridized carbons (Fsp3) is 0. The summed E-state index contributed by atoms with van der Waals surface area (Å²) in [5, 5.41) is 0. The number of hydrogen-bond donors (Lipinski definition) is 1. The first-order valence-corrected chi connectivity index (χ1v) is 8.31. The van der Waals surface area contributed by atoms with E-state index in [1.54, 1.807) is 12.3 Å². The zero-order valence-electron chi connectivity index (χ0n) is 8.52. The van der Waals surface area contributed by atoms with Crippen LogP contribution in [0.25, 0.3) is 0 Å². The van der Waals surface area contributed by atoms with Crippen LogP contribution in [0.1, 0.15) is 0 Å². The average molecular weight is 388 g/mol. The first-order valence-electron chi connectivity index (χ1n) is 4.47. The minimum absolute atomic E-state index is 0.0425. The van der Waals surface area contributed by atoms with Crippen LogP contribution in [-0.4, -0.2) is 13.4 Å². The van der Waals surface area contributed by atoms with E-state index in [0.29, 0.717) is 14.5 Å². The van der Waals surface area contributed by atoms with Gasteiger partial charge in [0.25, 0.3) is 10.0 Å². The molecule has 0 fully saturated rings. The van der Waals surface area contributed by atoms with Crippen LogP contribution in [0.2, 0.25) is 8.67 Å². The van der Waals surface area contributed by atoms with E-state index < -0.39 is 10.0 Å². The van der Waals surface area contributed by atoms with Gasteiger partial charge in [-0.25, -0.2) is 8.42 Å². The maximum Gasteiger partial charge on any atom is 0.264 e. The number of rotatable bonds is 3. The number of hydrogen-bond acceptors (Lipinski definition) is 4. The molecular formula is C9H5BrCl2N2O2S2. The van der Waals surface area contributed by atoms with E-state index in [2.05, 4.69) is 25.6 Å². The predicted octanol–water partition coefficient (Wildman–Crippen LogP) is 4.01. The topological polar surface area (TPSA) is 59.1 Å². The standard InChI is InChI=1S/C9H5BrCl2N2O2S2/c10-5-1-6(4-13-3-5)14-18(15,16)7-2-8(11)17-9(7)12/h1-4,14H. The van der Waals surface area contributed by atoms with Gasteiger partial charge in [0.15, 0.2) is 0 Å². The van der Waals surface area contributed by atoms with Crippen molar-refractivity contribution in [2.45, 2.75) is 4.90 Å². The van der Waals surface area contributed by atoms with Gasteiger partial charge in [-0.15, -0.1) is 11.3 Å². The second-order valence-corrected chi connectivity index (χ2v) is 8.04. The van der Waals surface area contributed by atoms with Gasteiger partial charge in [0.05, 0.1) is 16.2 Å². The highest BCUT2D eigenvalue weighted by atomic mass is 79.9. The highest BCUT2D eigenvalue weighted by Gasteiger charge is 2.21. The molecule has 1 N–H and O–H groups in total. The third kappa shape index (κ3) is 3.16. The number of thiophene rings is 1. The Morgan fingerprint density at radius 1 is 1.28 bits per heavy atom. The predicted molar refractivity (Wildman–Crippen MR) is 77.1 cm³/mol. The number of nitrogens with zero attached hydrogens (tertiary/aromatic N) is 1. The molecule has 0 aliphatic heterocycles. The Bertz CT molecular complexity index is 688. The van der Waals surface area contributed by atoms with Gasteiger partial charge in [-0.05, 0) is 28.1 Å². The lowest BCUT2D eigenvalue weighted by Crippen LogP contribution is -2.12. The molecule has 0 atom stereocenters. The zero-order chi connectivity index (χ0) is 13.3. The molecule has 2 aromatic heterocycles. The Balaban J connectivity index is 2.36. The summed E-state index contributed by atoms with van der Waals surface area (Å²) < 4.78 is 27.6. The normalized spacial score (nSPS) is 11.5. The molecule has 0 radical (unpaired) electrons. The minimum Gasteiger partial charge on any atom is -0.278 e. The Hall–Kier alpha value is -0.340. The molecule has 0 saturated carbocycles. The Morgan fingerprint density at radius 2 is 2.00 bits per heavy atom. The average Bonchev–Trinajstić information content (AvgIpc) is 2.58. The number of halogens is 3. The molecule has 2 rings (SSSR count). The van der Waals surface area contributed by atoms with Crippen molar-refractivity contribution in [3.05, 3.63) is 37.7 Å². The lowest BCUT2D eigenvalue weighted by Gasteiger charge is -2.06. The van der Waals surface area contributed by atoms with Crippen LogP contribution >= 0.6 is 50.5 Å². The number of pyridine rings is 1. The molecule has 2 heterocycles. The summed E-state index contributed by atoms with van der Waals surface area (Å²) >= 11 is 15.7. The lowest BCUT2D eigenvalue weighted by atomic mass is 10.4. The van der Waals surface area contributed by atoms with Crippen LogP contribution in [0.15, 0.2) is 33.9 Å². The van der Waals surface area contributed by atoms with Gasteiger partial charge >= 0.3 is 0 Å². The van der Waals surface area contributed by atoms with Gasteiger partial charge in [-0.3, -0.25) is 9.71 Å². The summed E-state index contributed by atoms with van der Waals surface area (Å²) in [7, 11) is -3.76. The largest absolute Gasteiger partial charge is 0.278 e. The quantitative estimate of drug-likeness (QED) is 0.865. The molecule has 0 aliphatic rings. The second kappa shape index (κ2) is 5.34. The minimum atomic E-state index is -3.76. The van der Waals surface area contributed by atoms with E-state index in [1.165, 1.54) is 12.3 Å². The number of sulfonamides is 1. The summed E-state index contributed by atoms with van der Waals surface area (Å²) in [6, 6.07) is 2.90. The lowest BCUT2D eigenvalue weighted by molar-refractivity contribution is 0.601. The Morgan fingerprint density at radius 3 is 2.56 bits per heavy atom. The number of anilines is 1. The Kier molecular flexibility index (Phi) is 4.18. The fourth-order valence-corrected chi connectivity index (χ4v) is 4.74. The number of aromatic nitrogens is 1. The summed E-state index contributed by atoms with van der Waals surface area (Å²) in [4.78, 5) is 3.82. The zero-order valence-corrected chi connectivity index (χ0v) is 13.3. The first-order chi connectivity index (χ1) is 8.38. The van der Waals surface area contributed by atoms with E-state index in [-0.39, 0.29) is 9.23 Å². The highest BCUT2D eigenvalue weighted by Crippen LogP contribution is 2.35. The molecule has 9 heteroatoms. The molecule has 4 nitrogen and oxygen atoms in total. The molecule has 2 aromatic rings. The molecule has 18 heavy (non-hydrogen) atoms. The fourth-order valence-electron chi connectivity index (χ4n) is 1.19. The van der Waals surface area contributed by atoms with Gasteiger partial charge in [0, 0.05) is 10.7 Å². The monoisotopic (exact) mass is 386 g/mol. The molecule has 0 aromatic carbocycles. The van der Waals surface area contributed by atoms with Crippen LogP contribution < -0.4 is 4.72 Å². The van der Waals surface area contributed by atoms with Crippen molar-refractivity contribution in [2.24, 2.45) is 0 Å². The Labute approximate surface area is 126 Å². The number of nitrogens with one attached hydrogen (secondary N) is 1. The van der Waals surface area contributed by atoms with E-state index in [9.17, 15) is 8.42 Å². The van der Waals surface area contributed by atoms with Gasteiger partial charge in [-0.1, -0.05) is 23.2 Å². The van der Waals surface area contributed by atoms with Crippen molar-refractivity contribution in [1.82, 2.24) is 4.98 Å². The maximum atomic E-state index is 12.1. The first kappa shape index (κ1) is 14.1.